The summed E-state index contributed by atoms with van der Waals surface area (Å²) in [5.41, 5.74) is 3.67. The Morgan fingerprint density at radius 3 is 2.83 bits per heavy atom. The predicted molar refractivity (Wildman–Crippen MR) is 89.6 cm³/mol. The summed E-state index contributed by atoms with van der Waals surface area (Å²) >= 11 is 0. The first-order valence-corrected chi connectivity index (χ1v) is 8.43. The molecule has 0 amide bonds. The summed E-state index contributed by atoms with van der Waals surface area (Å²) in [6.45, 7) is 2.77. The van der Waals surface area contributed by atoms with Gasteiger partial charge < -0.3 is 9.51 Å². The van der Waals surface area contributed by atoms with Gasteiger partial charge in [-0.25, -0.2) is 4.98 Å². The van der Waals surface area contributed by atoms with Gasteiger partial charge in [0.2, 0.25) is 0 Å². The molecule has 124 valence electrons. The minimum absolute atomic E-state index is 0.0193. The SMILES string of the molecule is Cc1ccn2c(CN(C)C3CCCCC3)c(CC(=O)O)nc2c1. The van der Waals surface area contributed by atoms with Crippen LogP contribution in [0.15, 0.2) is 18.3 Å². The zero-order valence-electron chi connectivity index (χ0n) is 14.0. The Hall–Kier alpha value is -1.88. The second kappa shape index (κ2) is 6.71. The fourth-order valence-corrected chi connectivity index (χ4v) is 3.59. The standard InChI is InChI=1S/C18H25N3O2/c1-13-8-9-21-16(12-20(2)14-6-4-3-5-7-14)15(11-18(22)23)19-17(21)10-13/h8-10,14H,3-7,11-12H2,1-2H3,(H,22,23). The maximum Gasteiger partial charge on any atom is 0.309 e. The van der Waals surface area contributed by atoms with Crippen molar-refractivity contribution < 1.29 is 9.90 Å². The van der Waals surface area contributed by atoms with Crippen LogP contribution in [0.25, 0.3) is 5.65 Å². The zero-order chi connectivity index (χ0) is 16.4. The molecule has 1 aliphatic rings. The van der Waals surface area contributed by atoms with Gasteiger partial charge in [-0.15, -0.1) is 0 Å². The minimum Gasteiger partial charge on any atom is -0.481 e. The molecule has 5 nitrogen and oxygen atoms in total. The first-order valence-electron chi connectivity index (χ1n) is 8.43. The van der Waals surface area contributed by atoms with E-state index in [1.165, 1.54) is 32.1 Å². The van der Waals surface area contributed by atoms with Crippen LogP contribution in [0.2, 0.25) is 0 Å². The fourth-order valence-electron chi connectivity index (χ4n) is 3.59. The largest absolute Gasteiger partial charge is 0.481 e. The van der Waals surface area contributed by atoms with Crippen molar-refractivity contribution in [2.45, 2.75) is 58.0 Å². The number of pyridine rings is 1. The molecule has 1 aliphatic carbocycles. The smallest absolute Gasteiger partial charge is 0.309 e. The van der Waals surface area contributed by atoms with Gasteiger partial charge >= 0.3 is 5.97 Å². The Bertz CT molecular complexity index is 702. The minimum atomic E-state index is -0.827. The molecule has 0 atom stereocenters. The average Bonchev–Trinajstić information content (AvgIpc) is 2.84. The van der Waals surface area contributed by atoms with E-state index in [1.807, 2.05) is 29.7 Å². The topological polar surface area (TPSA) is 57.8 Å². The molecule has 2 heterocycles. The highest BCUT2D eigenvalue weighted by atomic mass is 16.4. The summed E-state index contributed by atoms with van der Waals surface area (Å²) in [6.07, 6.45) is 8.39. The quantitative estimate of drug-likeness (QED) is 0.921. The van der Waals surface area contributed by atoms with Crippen LogP contribution < -0.4 is 0 Å². The molecule has 1 saturated carbocycles. The number of nitrogens with zero attached hydrogens (tertiary/aromatic N) is 3. The highest BCUT2D eigenvalue weighted by molar-refractivity contribution is 5.70. The normalized spacial score (nSPS) is 16.3. The average molecular weight is 315 g/mol. The number of hydrogen-bond acceptors (Lipinski definition) is 3. The highest BCUT2D eigenvalue weighted by Crippen LogP contribution is 2.24. The van der Waals surface area contributed by atoms with Crippen LogP contribution in [0.1, 0.15) is 49.1 Å². The van der Waals surface area contributed by atoms with E-state index in [9.17, 15) is 9.90 Å². The van der Waals surface area contributed by atoms with E-state index in [-0.39, 0.29) is 6.42 Å². The van der Waals surface area contributed by atoms with E-state index < -0.39 is 5.97 Å². The molecule has 5 heteroatoms. The molecule has 0 radical (unpaired) electrons. The molecule has 2 aromatic rings. The van der Waals surface area contributed by atoms with E-state index in [2.05, 4.69) is 16.9 Å². The Balaban J connectivity index is 1.91. The molecule has 23 heavy (non-hydrogen) atoms. The Kier molecular flexibility index (Phi) is 4.66. The number of carboxylic acids is 1. The molecule has 0 unspecified atom stereocenters. The van der Waals surface area contributed by atoms with Crippen molar-refractivity contribution in [2.24, 2.45) is 0 Å². The van der Waals surface area contributed by atoms with Gasteiger partial charge in [-0.2, -0.15) is 0 Å². The summed E-state index contributed by atoms with van der Waals surface area (Å²) in [5.74, 6) is -0.827. The number of aliphatic carboxylic acids is 1. The first kappa shape index (κ1) is 16.0. The Morgan fingerprint density at radius 2 is 2.13 bits per heavy atom. The van der Waals surface area contributed by atoms with Crippen molar-refractivity contribution in [2.75, 3.05) is 7.05 Å². The number of carbonyl (C=O) groups is 1. The maximum atomic E-state index is 11.2. The van der Waals surface area contributed by atoms with Crippen LogP contribution in [0, 0.1) is 6.92 Å². The molecular weight excluding hydrogens is 290 g/mol. The van der Waals surface area contributed by atoms with Crippen LogP contribution in [0.4, 0.5) is 0 Å². The molecule has 0 aliphatic heterocycles. The zero-order valence-corrected chi connectivity index (χ0v) is 14.0. The van der Waals surface area contributed by atoms with Crippen LogP contribution in [0.5, 0.6) is 0 Å². The van der Waals surface area contributed by atoms with Crippen molar-refractivity contribution in [3.05, 3.63) is 35.3 Å². The van der Waals surface area contributed by atoms with Crippen LogP contribution in [-0.4, -0.2) is 38.4 Å². The highest BCUT2D eigenvalue weighted by Gasteiger charge is 2.22. The molecule has 0 saturated heterocycles. The molecule has 0 aromatic carbocycles. The monoisotopic (exact) mass is 315 g/mol. The van der Waals surface area contributed by atoms with Crippen molar-refractivity contribution in [3.63, 3.8) is 0 Å². The molecule has 2 aromatic heterocycles. The van der Waals surface area contributed by atoms with Crippen LogP contribution in [-0.2, 0) is 17.8 Å². The van der Waals surface area contributed by atoms with Crippen LogP contribution >= 0.6 is 0 Å². The Labute approximate surface area is 136 Å². The summed E-state index contributed by atoms with van der Waals surface area (Å²) in [5, 5.41) is 9.19. The van der Waals surface area contributed by atoms with Crippen molar-refractivity contribution in [3.8, 4) is 0 Å². The van der Waals surface area contributed by atoms with Crippen molar-refractivity contribution in [1.29, 1.82) is 0 Å². The third-order valence-corrected chi connectivity index (χ3v) is 4.88. The fraction of sp³-hybridized carbons (Fsp3) is 0.556. The lowest BCUT2D eigenvalue weighted by molar-refractivity contribution is -0.136. The van der Waals surface area contributed by atoms with Gasteiger partial charge in [0.25, 0.3) is 0 Å². The summed E-state index contributed by atoms with van der Waals surface area (Å²) in [6, 6.07) is 4.65. The molecule has 0 bridgehead atoms. The molecular formula is C18H25N3O2. The summed E-state index contributed by atoms with van der Waals surface area (Å²) in [4.78, 5) is 18.1. The van der Waals surface area contributed by atoms with E-state index in [1.54, 1.807) is 0 Å². The number of fused-ring (bicyclic) bond motifs is 1. The van der Waals surface area contributed by atoms with Gasteiger partial charge in [0.15, 0.2) is 0 Å². The first-order chi connectivity index (χ1) is 11.0. The van der Waals surface area contributed by atoms with Crippen molar-refractivity contribution in [1.82, 2.24) is 14.3 Å². The van der Waals surface area contributed by atoms with E-state index in [0.717, 1.165) is 23.4 Å². The second-order valence-electron chi connectivity index (χ2n) is 6.71. The van der Waals surface area contributed by atoms with Gasteiger partial charge in [0, 0.05) is 18.8 Å². The third kappa shape index (κ3) is 3.55. The lowest BCUT2D eigenvalue weighted by Crippen LogP contribution is -2.33. The number of aryl methyl sites for hydroxylation is 1. The van der Waals surface area contributed by atoms with Gasteiger partial charge in [-0.3, -0.25) is 9.69 Å². The third-order valence-electron chi connectivity index (χ3n) is 4.88. The van der Waals surface area contributed by atoms with E-state index in [4.69, 9.17) is 0 Å². The van der Waals surface area contributed by atoms with Crippen LogP contribution in [0.3, 0.4) is 0 Å². The van der Waals surface area contributed by atoms with Gasteiger partial charge in [-0.1, -0.05) is 19.3 Å². The lowest BCUT2D eigenvalue weighted by Gasteiger charge is -2.31. The van der Waals surface area contributed by atoms with E-state index in [0.29, 0.717) is 11.7 Å². The number of aromatic nitrogens is 2. The number of hydrogen-bond donors (Lipinski definition) is 1. The molecule has 3 rings (SSSR count). The lowest BCUT2D eigenvalue weighted by atomic mass is 9.94. The molecule has 1 fully saturated rings. The number of rotatable bonds is 5. The maximum absolute atomic E-state index is 11.2. The van der Waals surface area contributed by atoms with Crippen molar-refractivity contribution >= 4 is 11.6 Å². The molecule has 1 N–H and O–H groups in total. The Morgan fingerprint density at radius 1 is 1.39 bits per heavy atom. The van der Waals surface area contributed by atoms with E-state index >= 15 is 0 Å². The number of imidazole rings is 1. The molecule has 0 spiro atoms. The second-order valence-corrected chi connectivity index (χ2v) is 6.71. The summed E-state index contributed by atoms with van der Waals surface area (Å²) in [7, 11) is 2.15. The van der Waals surface area contributed by atoms with Gasteiger partial charge in [0.1, 0.15) is 5.65 Å². The predicted octanol–water partition coefficient (Wildman–Crippen LogP) is 3.03. The van der Waals surface area contributed by atoms with Gasteiger partial charge in [-0.05, 0) is 44.5 Å². The summed E-state index contributed by atoms with van der Waals surface area (Å²) < 4.78 is 2.05. The number of carboxylic acid groups (broad SMARTS) is 1. The van der Waals surface area contributed by atoms with Gasteiger partial charge in [0.05, 0.1) is 17.8 Å².